The molecule has 0 aliphatic carbocycles. The highest BCUT2D eigenvalue weighted by Crippen LogP contribution is 2.26. The molecule has 0 spiro atoms. The fourth-order valence-electron chi connectivity index (χ4n) is 4.36. The summed E-state index contributed by atoms with van der Waals surface area (Å²) in [7, 11) is 0. The lowest BCUT2D eigenvalue weighted by Gasteiger charge is -2.35. The van der Waals surface area contributed by atoms with Gasteiger partial charge in [0.1, 0.15) is 0 Å². The van der Waals surface area contributed by atoms with Gasteiger partial charge < -0.3 is 14.5 Å². The molecule has 0 aromatic heterocycles. The van der Waals surface area contributed by atoms with Crippen LogP contribution in [0.2, 0.25) is 0 Å². The molecule has 0 radical (unpaired) electrons. The van der Waals surface area contributed by atoms with E-state index < -0.39 is 0 Å². The topological polar surface area (TPSA) is 15.7 Å². The minimum Gasteiger partial charge on any atom is -0.381 e. The molecule has 3 nitrogen and oxygen atoms in total. The third kappa shape index (κ3) is 6.65. The van der Waals surface area contributed by atoms with Gasteiger partial charge in [-0.05, 0) is 89.9 Å². The molecule has 0 aromatic carbocycles. The van der Waals surface area contributed by atoms with Crippen molar-refractivity contribution in [2.24, 2.45) is 17.8 Å². The van der Waals surface area contributed by atoms with E-state index in [0.717, 1.165) is 31.0 Å². The maximum atomic E-state index is 5.99. The Kier molecular flexibility index (Phi) is 9.07. The maximum absolute atomic E-state index is 5.99. The Hall–Kier alpha value is -0.120. The van der Waals surface area contributed by atoms with Gasteiger partial charge in [-0.15, -0.1) is 0 Å². The van der Waals surface area contributed by atoms with Gasteiger partial charge in [0.15, 0.2) is 0 Å². The number of likely N-dealkylation sites (tertiary alicyclic amines) is 2. The van der Waals surface area contributed by atoms with Gasteiger partial charge in [-0.1, -0.05) is 20.3 Å². The van der Waals surface area contributed by atoms with Crippen molar-refractivity contribution in [1.82, 2.24) is 9.80 Å². The van der Waals surface area contributed by atoms with Crippen LogP contribution in [0.25, 0.3) is 0 Å². The molecule has 0 amide bonds. The van der Waals surface area contributed by atoms with Crippen molar-refractivity contribution < 1.29 is 4.74 Å². The van der Waals surface area contributed by atoms with Crippen LogP contribution in [0.4, 0.5) is 0 Å². The lowest BCUT2D eigenvalue weighted by Crippen LogP contribution is -2.39. The lowest BCUT2D eigenvalue weighted by atomic mass is 9.84. The Morgan fingerprint density at radius 2 is 1.62 bits per heavy atom. The van der Waals surface area contributed by atoms with E-state index in [2.05, 4.69) is 37.5 Å². The number of piperidine rings is 2. The fraction of sp³-hybridized carbons (Fsp3) is 1.00. The molecule has 1 unspecified atom stereocenters. The largest absolute Gasteiger partial charge is 0.381 e. The highest BCUT2D eigenvalue weighted by atomic mass is 16.5. The minimum atomic E-state index is 0.705. The van der Waals surface area contributed by atoms with Gasteiger partial charge >= 0.3 is 0 Å². The number of hydrogen-bond donors (Lipinski definition) is 0. The van der Waals surface area contributed by atoms with Gasteiger partial charge in [0.2, 0.25) is 0 Å². The SMILES string of the molecule is CCC(C)C1CCN(CCCOCC2CCN(C(C)C)CC2)CC1. The summed E-state index contributed by atoms with van der Waals surface area (Å²) in [4.78, 5) is 5.25. The molecule has 1 atom stereocenters. The minimum absolute atomic E-state index is 0.705. The number of ether oxygens (including phenoxy) is 1. The first kappa shape index (κ1) is 20.2. The molecule has 0 N–H and O–H groups in total. The van der Waals surface area contributed by atoms with Crippen molar-refractivity contribution in [3.05, 3.63) is 0 Å². The molecular weight excluding hydrogens is 296 g/mol. The van der Waals surface area contributed by atoms with E-state index in [1.54, 1.807) is 0 Å². The third-order valence-electron chi connectivity index (χ3n) is 6.58. The van der Waals surface area contributed by atoms with E-state index in [1.807, 2.05) is 0 Å². The second kappa shape index (κ2) is 10.8. The van der Waals surface area contributed by atoms with Gasteiger partial charge in [0, 0.05) is 25.8 Å². The summed E-state index contributed by atoms with van der Waals surface area (Å²) in [6, 6.07) is 0.705. The first-order valence-electron chi connectivity index (χ1n) is 10.6. The van der Waals surface area contributed by atoms with Crippen LogP contribution in [-0.4, -0.2) is 61.8 Å². The van der Waals surface area contributed by atoms with E-state index >= 15 is 0 Å². The van der Waals surface area contributed by atoms with Crippen LogP contribution in [0.5, 0.6) is 0 Å². The van der Waals surface area contributed by atoms with E-state index in [-0.39, 0.29) is 0 Å². The third-order valence-corrected chi connectivity index (χ3v) is 6.58. The van der Waals surface area contributed by atoms with E-state index in [0.29, 0.717) is 6.04 Å². The molecule has 2 aliphatic heterocycles. The van der Waals surface area contributed by atoms with E-state index in [1.165, 1.54) is 71.2 Å². The predicted octanol–water partition coefficient (Wildman–Crippen LogP) is 4.27. The second-order valence-electron chi connectivity index (χ2n) is 8.57. The molecule has 0 aromatic rings. The Labute approximate surface area is 151 Å². The molecule has 2 aliphatic rings. The highest BCUT2D eigenvalue weighted by molar-refractivity contribution is 4.76. The predicted molar refractivity (Wildman–Crippen MR) is 103 cm³/mol. The van der Waals surface area contributed by atoms with Gasteiger partial charge in [0.25, 0.3) is 0 Å². The van der Waals surface area contributed by atoms with Crippen LogP contribution in [0, 0.1) is 17.8 Å². The van der Waals surface area contributed by atoms with Crippen LogP contribution < -0.4 is 0 Å². The maximum Gasteiger partial charge on any atom is 0.0495 e. The van der Waals surface area contributed by atoms with Crippen molar-refractivity contribution in [2.45, 2.75) is 72.3 Å². The Morgan fingerprint density at radius 1 is 0.958 bits per heavy atom. The first-order valence-corrected chi connectivity index (χ1v) is 10.6. The summed E-state index contributed by atoms with van der Waals surface area (Å²) in [5, 5.41) is 0. The van der Waals surface area contributed by atoms with Gasteiger partial charge in [-0.25, -0.2) is 0 Å². The van der Waals surface area contributed by atoms with Crippen molar-refractivity contribution in [2.75, 3.05) is 45.9 Å². The molecule has 0 bridgehead atoms. The van der Waals surface area contributed by atoms with Crippen molar-refractivity contribution in [3.8, 4) is 0 Å². The Morgan fingerprint density at radius 3 is 2.21 bits per heavy atom. The molecule has 0 saturated carbocycles. The summed E-state index contributed by atoms with van der Waals surface area (Å²) in [6.45, 7) is 17.7. The highest BCUT2D eigenvalue weighted by Gasteiger charge is 2.23. The van der Waals surface area contributed by atoms with Gasteiger partial charge in [-0.2, -0.15) is 0 Å². The smallest absolute Gasteiger partial charge is 0.0495 e. The lowest BCUT2D eigenvalue weighted by molar-refractivity contribution is 0.0525. The Bertz CT molecular complexity index is 318. The summed E-state index contributed by atoms with van der Waals surface area (Å²) in [5.74, 6) is 2.68. The van der Waals surface area contributed by atoms with E-state index in [4.69, 9.17) is 4.74 Å². The van der Waals surface area contributed by atoms with Crippen molar-refractivity contribution in [1.29, 1.82) is 0 Å². The van der Waals surface area contributed by atoms with Crippen LogP contribution >= 0.6 is 0 Å². The van der Waals surface area contributed by atoms with E-state index in [9.17, 15) is 0 Å². The summed E-state index contributed by atoms with van der Waals surface area (Å²) >= 11 is 0. The second-order valence-corrected chi connectivity index (χ2v) is 8.57. The molecule has 3 heteroatoms. The summed E-state index contributed by atoms with van der Waals surface area (Å²) < 4.78 is 5.99. The van der Waals surface area contributed by atoms with Crippen molar-refractivity contribution >= 4 is 0 Å². The molecular formula is C21H42N2O. The van der Waals surface area contributed by atoms with Crippen LogP contribution in [-0.2, 0) is 4.74 Å². The Balaban J connectivity index is 1.46. The number of hydrogen-bond acceptors (Lipinski definition) is 3. The average Bonchev–Trinajstić information content (AvgIpc) is 2.61. The van der Waals surface area contributed by atoms with Gasteiger partial charge in [-0.3, -0.25) is 0 Å². The zero-order valence-corrected chi connectivity index (χ0v) is 16.8. The molecule has 2 heterocycles. The monoisotopic (exact) mass is 338 g/mol. The standard InChI is InChI=1S/C21H42N2O/c1-5-19(4)21-9-12-22(13-10-21)11-6-16-24-17-20-7-14-23(15-8-20)18(2)3/h18-21H,5-17H2,1-4H3. The van der Waals surface area contributed by atoms with Crippen molar-refractivity contribution in [3.63, 3.8) is 0 Å². The normalized spacial score (nSPS) is 23.9. The van der Waals surface area contributed by atoms with Crippen LogP contribution in [0.1, 0.15) is 66.2 Å². The molecule has 2 rings (SSSR count). The zero-order valence-electron chi connectivity index (χ0n) is 16.8. The van der Waals surface area contributed by atoms with Crippen LogP contribution in [0.3, 0.4) is 0 Å². The van der Waals surface area contributed by atoms with Crippen LogP contribution in [0.15, 0.2) is 0 Å². The fourth-order valence-corrected chi connectivity index (χ4v) is 4.36. The number of rotatable bonds is 9. The molecule has 24 heavy (non-hydrogen) atoms. The summed E-state index contributed by atoms with van der Waals surface area (Å²) in [6.07, 6.45) is 8.00. The number of nitrogens with zero attached hydrogens (tertiary/aromatic N) is 2. The molecule has 2 fully saturated rings. The molecule has 2 saturated heterocycles. The zero-order chi connectivity index (χ0) is 17.4. The first-order chi connectivity index (χ1) is 11.6. The molecule has 142 valence electrons. The quantitative estimate of drug-likeness (QED) is 0.584. The summed E-state index contributed by atoms with van der Waals surface area (Å²) in [5.41, 5.74) is 0. The van der Waals surface area contributed by atoms with Gasteiger partial charge in [0.05, 0.1) is 0 Å². The average molecular weight is 339 g/mol.